The molecule has 3 rings (SSSR count). The van der Waals surface area contributed by atoms with Crippen LogP contribution >= 0.6 is 0 Å². The SMILES string of the molecule is CN(Cc1ccccc1-n1cc(O)c(=O)c(C(=O)N=O)n1)C1CCCCC1. The second-order valence-corrected chi connectivity index (χ2v) is 6.87. The highest BCUT2D eigenvalue weighted by Crippen LogP contribution is 2.24. The van der Waals surface area contributed by atoms with Crippen molar-refractivity contribution in [2.24, 2.45) is 5.18 Å². The van der Waals surface area contributed by atoms with Crippen LogP contribution in [0.25, 0.3) is 5.69 Å². The minimum atomic E-state index is -1.30. The summed E-state index contributed by atoms with van der Waals surface area (Å²) in [5.74, 6) is -1.96. The summed E-state index contributed by atoms with van der Waals surface area (Å²) in [6, 6.07) is 7.93. The Morgan fingerprint density at radius 2 is 2.00 bits per heavy atom. The van der Waals surface area contributed by atoms with E-state index in [-0.39, 0.29) is 0 Å². The maximum absolute atomic E-state index is 11.9. The van der Waals surface area contributed by atoms with Crippen LogP contribution < -0.4 is 5.43 Å². The second-order valence-electron chi connectivity index (χ2n) is 6.87. The third kappa shape index (κ3) is 4.11. The summed E-state index contributed by atoms with van der Waals surface area (Å²) in [4.78, 5) is 36.3. The van der Waals surface area contributed by atoms with Gasteiger partial charge < -0.3 is 5.11 Å². The van der Waals surface area contributed by atoms with Gasteiger partial charge in [-0.25, -0.2) is 4.68 Å². The fraction of sp³-hybridized carbons (Fsp3) is 0.421. The number of benzene rings is 1. The van der Waals surface area contributed by atoms with E-state index in [4.69, 9.17) is 0 Å². The first kappa shape index (κ1) is 18.9. The van der Waals surface area contributed by atoms with Gasteiger partial charge in [0.1, 0.15) is 0 Å². The van der Waals surface area contributed by atoms with Crippen molar-refractivity contribution in [1.82, 2.24) is 14.7 Å². The van der Waals surface area contributed by atoms with Gasteiger partial charge in [0.25, 0.3) is 5.43 Å². The molecule has 0 atom stereocenters. The van der Waals surface area contributed by atoms with Gasteiger partial charge in [-0.05, 0) is 31.5 Å². The molecule has 0 radical (unpaired) electrons. The van der Waals surface area contributed by atoms with Gasteiger partial charge in [-0.1, -0.05) is 37.5 Å². The van der Waals surface area contributed by atoms with Crippen LogP contribution in [0.2, 0.25) is 0 Å². The summed E-state index contributed by atoms with van der Waals surface area (Å²) in [6.45, 7) is 0.657. The molecule has 1 heterocycles. The van der Waals surface area contributed by atoms with Crippen LogP contribution in [0, 0.1) is 4.91 Å². The molecule has 1 aromatic heterocycles. The maximum atomic E-state index is 11.9. The first-order valence-electron chi connectivity index (χ1n) is 9.00. The molecule has 8 heteroatoms. The zero-order chi connectivity index (χ0) is 19.4. The molecule has 0 unspecified atom stereocenters. The average molecular weight is 370 g/mol. The normalized spacial score (nSPS) is 15.0. The lowest BCUT2D eigenvalue weighted by Gasteiger charge is -2.31. The number of aromatic nitrogens is 2. The van der Waals surface area contributed by atoms with Gasteiger partial charge in [0.05, 0.1) is 11.9 Å². The highest BCUT2D eigenvalue weighted by atomic mass is 16.3. The number of hydrogen-bond acceptors (Lipinski definition) is 6. The summed E-state index contributed by atoms with van der Waals surface area (Å²) in [5.41, 5.74) is -0.151. The molecular formula is C19H22N4O4. The van der Waals surface area contributed by atoms with Crippen LogP contribution in [-0.4, -0.2) is 38.8 Å². The number of amides is 1. The van der Waals surface area contributed by atoms with E-state index in [1.54, 1.807) is 12.1 Å². The van der Waals surface area contributed by atoms with Crippen molar-refractivity contribution in [2.45, 2.75) is 44.7 Å². The molecule has 2 aromatic rings. The van der Waals surface area contributed by atoms with Crippen molar-refractivity contribution in [2.75, 3.05) is 7.05 Å². The van der Waals surface area contributed by atoms with E-state index in [0.717, 1.165) is 11.8 Å². The molecule has 27 heavy (non-hydrogen) atoms. The monoisotopic (exact) mass is 370 g/mol. The maximum Gasteiger partial charge on any atom is 0.341 e. The predicted octanol–water partition coefficient (Wildman–Crippen LogP) is 2.61. The van der Waals surface area contributed by atoms with E-state index >= 15 is 0 Å². The summed E-state index contributed by atoms with van der Waals surface area (Å²) < 4.78 is 1.25. The van der Waals surface area contributed by atoms with Crippen LogP contribution in [-0.2, 0) is 6.54 Å². The Bertz CT molecular complexity index is 903. The number of carbonyl (C=O) groups excluding carboxylic acids is 1. The fourth-order valence-electron chi connectivity index (χ4n) is 3.57. The Morgan fingerprint density at radius 3 is 2.70 bits per heavy atom. The molecule has 0 bridgehead atoms. The first-order chi connectivity index (χ1) is 13.0. The second kappa shape index (κ2) is 8.22. The van der Waals surface area contributed by atoms with Crippen LogP contribution in [0.15, 0.2) is 40.4 Å². The Hall–Kier alpha value is -2.87. The topological polar surface area (TPSA) is 105 Å². The Labute approximate surface area is 156 Å². The van der Waals surface area contributed by atoms with E-state index in [0.29, 0.717) is 18.3 Å². The van der Waals surface area contributed by atoms with E-state index in [1.807, 2.05) is 12.1 Å². The molecule has 1 fully saturated rings. The fourth-order valence-corrected chi connectivity index (χ4v) is 3.57. The predicted molar refractivity (Wildman–Crippen MR) is 100.0 cm³/mol. The third-order valence-electron chi connectivity index (χ3n) is 5.04. The van der Waals surface area contributed by atoms with Crippen molar-refractivity contribution in [3.05, 3.63) is 56.9 Å². The Balaban J connectivity index is 1.96. The van der Waals surface area contributed by atoms with Crippen LogP contribution in [0.5, 0.6) is 5.75 Å². The van der Waals surface area contributed by atoms with E-state index < -0.39 is 22.8 Å². The molecule has 1 amide bonds. The molecule has 142 valence electrons. The largest absolute Gasteiger partial charge is 0.503 e. The van der Waals surface area contributed by atoms with Gasteiger partial charge in [0, 0.05) is 17.8 Å². The molecule has 1 aliphatic carbocycles. The minimum absolute atomic E-state index is 0.513. The van der Waals surface area contributed by atoms with Crippen molar-refractivity contribution in [3.8, 4) is 11.4 Å². The lowest BCUT2D eigenvalue weighted by molar-refractivity contribution is 0.0992. The van der Waals surface area contributed by atoms with E-state index in [1.165, 1.54) is 36.8 Å². The average Bonchev–Trinajstić information content (AvgIpc) is 2.70. The standard InChI is InChI=1S/C19H22N4O4/c1-22(14-8-3-2-4-9-14)11-13-7-5-6-10-15(13)23-12-16(24)18(25)17(20-23)19(26)21-27/h5-7,10,12,14,24H,2-4,8-9,11H2,1H3. The third-order valence-corrected chi connectivity index (χ3v) is 5.04. The Kier molecular flexibility index (Phi) is 5.75. The number of aromatic hydroxyl groups is 1. The molecule has 1 saturated carbocycles. The van der Waals surface area contributed by atoms with Crippen molar-refractivity contribution >= 4 is 5.91 Å². The molecular weight excluding hydrogens is 348 g/mol. The molecule has 8 nitrogen and oxygen atoms in total. The number of nitroso groups, excluding NO2 is 1. The molecule has 0 aliphatic heterocycles. The molecule has 0 spiro atoms. The van der Waals surface area contributed by atoms with E-state index in [2.05, 4.69) is 22.2 Å². The van der Waals surface area contributed by atoms with Crippen molar-refractivity contribution in [3.63, 3.8) is 0 Å². The minimum Gasteiger partial charge on any atom is -0.503 e. The van der Waals surface area contributed by atoms with Crippen LogP contribution in [0.3, 0.4) is 0 Å². The van der Waals surface area contributed by atoms with Crippen molar-refractivity contribution in [1.29, 1.82) is 0 Å². The van der Waals surface area contributed by atoms with Gasteiger partial charge in [0.15, 0.2) is 5.75 Å². The molecule has 1 aromatic carbocycles. The Morgan fingerprint density at radius 1 is 1.30 bits per heavy atom. The summed E-state index contributed by atoms with van der Waals surface area (Å²) >= 11 is 0. The number of carbonyl (C=O) groups is 1. The molecule has 0 saturated heterocycles. The van der Waals surface area contributed by atoms with E-state index in [9.17, 15) is 19.6 Å². The van der Waals surface area contributed by atoms with Crippen LogP contribution in [0.4, 0.5) is 0 Å². The lowest BCUT2D eigenvalue weighted by atomic mass is 9.94. The number of nitrogens with zero attached hydrogens (tertiary/aromatic N) is 4. The summed E-state index contributed by atoms with van der Waals surface area (Å²) in [6.07, 6.45) is 7.22. The lowest BCUT2D eigenvalue weighted by Crippen LogP contribution is -2.33. The smallest absolute Gasteiger partial charge is 0.341 e. The zero-order valence-electron chi connectivity index (χ0n) is 15.2. The molecule has 1 N–H and O–H groups in total. The highest BCUT2D eigenvalue weighted by Gasteiger charge is 2.21. The first-order valence-corrected chi connectivity index (χ1v) is 9.00. The van der Waals surface area contributed by atoms with Crippen molar-refractivity contribution < 1.29 is 9.90 Å². The van der Waals surface area contributed by atoms with Gasteiger partial charge in [-0.15, -0.1) is 4.91 Å². The summed E-state index contributed by atoms with van der Waals surface area (Å²) in [5, 5.41) is 16.1. The summed E-state index contributed by atoms with van der Waals surface area (Å²) in [7, 11) is 2.08. The number of hydrogen-bond donors (Lipinski definition) is 1. The zero-order valence-corrected chi connectivity index (χ0v) is 15.2. The van der Waals surface area contributed by atoms with Crippen LogP contribution in [0.1, 0.15) is 48.2 Å². The van der Waals surface area contributed by atoms with Gasteiger partial charge in [-0.2, -0.15) is 5.10 Å². The quantitative estimate of drug-likeness (QED) is 0.811. The van der Waals surface area contributed by atoms with Gasteiger partial charge in [0.2, 0.25) is 5.69 Å². The van der Waals surface area contributed by atoms with Gasteiger partial charge in [-0.3, -0.25) is 14.5 Å². The number of rotatable bonds is 5. The molecule has 1 aliphatic rings. The number of para-hydroxylation sites is 1. The highest BCUT2D eigenvalue weighted by molar-refractivity contribution is 5.92. The van der Waals surface area contributed by atoms with Gasteiger partial charge >= 0.3 is 5.91 Å².